The van der Waals surface area contributed by atoms with Crippen molar-refractivity contribution in [2.75, 3.05) is 13.0 Å². The van der Waals surface area contributed by atoms with Crippen LogP contribution < -0.4 is 4.74 Å². The minimum atomic E-state index is -0.228. The van der Waals surface area contributed by atoms with Gasteiger partial charge in [0.2, 0.25) is 0 Å². The smallest absolute Gasteiger partial charge is 0.124 e. The zero-order valence-corrected chi connectivity index (χ0v) is 14.1. The molecule has 0 spiro atoms. The first kappa shape index (κ1) is 16.3. The third kappa shape index (κ3) is 5.01. The van der Waals surface area contributed by atoms with Gasteiger partial charge >= 0.3 is 0 Å². The first-order valence-electron chi connectivity index (χ1n) is 6.74. The van der Waals surface area contributed by atoms with Crippen LogP contribution in [-0.4, -0.2) is 13.0 Å². The van der Waals surface area contributed by atoms with E-state index in [1.807, 2.05) is 24.3 Å². The standard InChI is InChI=1S/C17H17BrClFO/c1-21-17-4-2-3-12(9-17)5-14(11-19)6-13-7-15(18)10-16(20)8-13/h2-4,7-10,14H,5-6,11H2,1H3. The van der Waals surface area contributed by atoms with Crippen molar-refractivity contribution in [1.29, 1.82) is 0 Å². The van der Waals surface area contributed by atoms with Crippen molar-refractivity contribution in [1.82, 2.24) is 0 Å². The van der Waals surface area contributed by atoms with Gasteiger partial charge in [-0.25, -0.2) is 4.39 Å². The topological polar surface area (TPSA) is 9.23 Å². The molecule has 0 saturated heterocycles. The van der Waals surface area contributed by atoms with Crippen LogP contribution in [0.15, 0.2) is 46.9 Å². The number of ether oxygens (including phenoxy) is 1. The van der Waals surface area contributed by atoms with E-state index >= 15 is 0 Å². The fourth-order valence-corrected chi connectivity index (χ4v) is 3.11. The fourth-order valence-electron chi connectivity index (χ4n) is 2.38. The van der Waals surface area contributed by atoms with Gasteiger partial charge in [0.15, 0.2) is 0 Å². The van der Waals surface area contributed by atoms with Gasteiger partial charge in [-0.1, -0.05) is 28.1 Å². The average molecular weight is 372 g/mol. The van der Waals surface area contributed by atoms with Crippen LogP contribution >= 0.6 is 27.5 Å². The maximum absolute atomic E-state index is 13.4. The van der Waals surface area contributed by atoms with Crippen molar-refractivity contribution >= 4 is 27.5 Å². The molecular weight excluding hydrogens is 355 g/mol. The number of alkyl halides is 1. The number of hydrogen-bond acceptors (Lipinski definition) is 1. The molecule has 112 valence electrons. The monoisotopic (exact) mass is 370 g/mol. The van der Waals surface area contributed by atoms with Crippen LogP contribution in [-0.2, 0) is 12.8 Å². The van der Waals surface area contributed by atoms with E-state index in [0.29, 0.717) is 5.88 Å². The van der Waals surface area contributed by atoms with Crippen LogP contribution in [0, 0.1) is 11.7 Å². The molecule has 2 aromatic rings. The van der Waals surface area contributed by atoms with Gasteiger partial charge in [-0.05, 0) is 60.2 Å². The molecule has 1 nitrogen and oxygen atoms in total. The highest BCUT2D eigenvalue weighted by Gasteiger charge is 2.11. The molecule has 1 unspecified atom stereocenters. The molecule has 4 heteroatoms. The highest BCUT2D eigenvalue weighted by Crippen LogP contribution is 2.22. The number of rotatable bonds is 6. The molecular formula is C17H17BrClFO. The minimum absolute atomic E-state index is 0.228. The van der Waals surface area contributed by atoms with E-state index in [-0.39, 0.29) is 11.7 Å². The van der Waals surface area contributed by atoms with Gasteiger partial charge < -0.3 is 4.74 Å². The predicted octanol–water partition coefficient (Wildman–Crippen LogP) is 5.24. The quantitative estimate of drug-likeness (QED) is 0.631. The third-order valence-corrected chi connectivity index (χ3v) is 4.22. The van der Waals surface area contributed by atoms with E-state index in [4.69, 9.17) is 16.3 Å². The minimum Gasteiger partial charge on any atom is -0.497 e. The third-order valence-electron chi connectivity index (χ3n) is 3.32. The summed E-state index contributed by atoms with van der Waals surface area (Å²) >= 11 is 9.40. The van der Waals surface area contributed by atoms with Crippen LogP contribution in [0.25, 0.3) is 0 Å². The lowest BCUT2D eigenvalue weighted by atomic mass is 9.94. The van der Waals surface area contributed by atoms with E-state index in [0.717, 1.165) is 28.6 Å². The van der Waals surface area contributed by atoms with Gasteiger partial charge in [-0.15, -0.1) is 11.6 Å². The van der Waals surface area contributed by atoms with Gasteiger partial charge in [0.05, 0.1) is 7.11 Å². The van der Waals surface area contributed by atoms with Crippen LogP contribution in [0.5, 0.6) is 5.75 Å². The Morgan fingerprint density at radius 1 is 1.14 bits per heavy atom. The maximum Gasteiger partial charge on any atom is 0.124 e. The summed E-state index contributed by atoms with van der Waals surface area (Å²) in [6, 6.07) is 12.9. The molecule has 0 radical (unpaired) electrons. The molecule has 0 aliphatic heterocycles. The second-order valence-electron chi connectivity index (χ2n) is 5.06. The average Bonchev–Trinajstić information content (AvgIpc) is 2.45. The van der Waals surface area contributed by atoms with Crippen molar-refractivity contribution in [3.8, 4) is 5.75 Å². The first-order valence-corrected chi connectivity index (χ1v) is 8.07. The predicted molar refractivity (Wildman–Crippen MR) is 88.7 cm³/mol. The molecule has 0 aromatic heterocycles. The Bertz CT molecular complexity index is 583. The summed E-state index contributed by atoms with van der Waals surface area (Å²) in [5.74, 6) is 1.40. The Morgan fingerprint density at radius 3 is 2.57 bits per heavy atom. The van der Waals surface area contributed by atoms with Crippen LogP contribution in [0.3, 0.4) is 0 Å². The molecule has 2 rings (SSSR count). The number of halogens is 3. The van der Waals surface area contributed by atoms with E-state index in [9.17, 15) is 4.39 Å². The zero-order valence-electron chi connectivity index (χ0n) is 11.8. The van der Waals surface area contributed by atoms with Crippen molar-refractivity contribution in [3.63, 3.8) is 0 Å². The van der Waals surface area contributed by atoms with Crippen molar-refractivity contribution in [3.05, 3.63) is 63.9 Å². The Morgan fingerprint density at radius 2 is 1.90 bits per heavy atom. The Kier molecular flexibility index (Phi) is 6.07. The van der Waals surface area contributed by atoms with Crippen molar-refractivity contribution < 1.29 is 9.13 Å². The number of hydrogen-bond donors (Lipinski definition) is 0. The van der Waals surface area contributed by atoms with Gasteiger partial charge in [0.25, 0.3) is 0 Å². The second kappa shape index (κ2) is 7.81. The lowest BCUT2D eigenvalue weighted by molar-refractivity contribution is 0.414. The Labute approximate surface area is 138 Å². The van der Waals surface area contributed by atoms with E-state index in [2.05, 4.69) is 22.0 Å². The Hall–Kier alpha value is -1.06. The molecule has 0 aliphatic carbocycles. The van der Waals surface area contributed by atoms with Gasteiger partial charge in [-0.2, -0.15) is 0 Å². The summed E-state index contributed by atoms with van der Waals surface area (Å²) in [4.78, 5) is 0. The van der Waals surface area contributed by atoms with Gasteiger partial charge in [0, 0.05) is 10.4 Å². The summed E-state index contributed by atoms with van der Waals surface area (Å²) in [6.07, 6.45) is 1.59. The van der Waals surface area contributed by atoms with Crippen LogP contribution in [0.1, 0.15) is 11.1 Å². The summed E-state index contributed by atoms with van der Waals surface area (Å²) in [6.45, 7) is 0. The second-order valence-corrected chi connectivity index (χ2v) is 6.28. The molecule has 0 N–H and O–H groups in total. The molecule has 0 amide bonds. The molecule has 0 bridgehead atoms. The zero-order chi connectivity index (χ0) is 15.2. The van der Waals surface area contributed by atoms with Crippen LogP contribution in [0.2, 0.25) is 0 Å². The fraction of sp³-hybridized carbons (Fsp3) is 0.294. The van der Waals surface area contributed by atoms with Gasteiger partial charge in [-0.3, -0.25) is 0 Å². The first-order chi connectivity index (χ1) is 10.1. The molecule has 21 heavy (non-hydrogen) atoms. The molecule has 0 fully saturated rings. The van der Waals surface area contributed by atoms with Crippen molar-refractivity contribution in [2.45, 2.75) is 12.8 Å². The summed E-state index contributed by atoms with van der Waals surface area (Å²) < 4.78 is 19.4. The lowest BCUT2D eigenvalue weighted by Gasteiger charge is -2.15. The lowest BCUT2D eigenvalue weighted by Crippen LogP contribution is -2.10. The summed E-state index contributed by atoms with van der Waals surface area (Å²) in [5.41, 5.74) is 2.13. The van der Waals surface area contributed by atoms with Crippen LogP contribution in [0.4, 0.5) is 4.39 Å². The van der Waals surface area contributed by atoms with E-state index < -0.39 is 0 Å². The molecule has 0 aliphatic rings. The number of methoxy groups -OCH3 is 1. The van der Waals surface area contributed by atoms with E-state index in [1.165, 1.54) is 11.6 Å². The molecule has 0 saturated carbocycles. The van der Waals surface area contributed by atoms with Crippen molar-refractivity contribution in [2.24, 2.45) is 5.92 Å². The Balaban J connectivity index is 2.08. The maximum atomic E-state index is 13.4. The summed E-state index contributed by atoms with van der Waals surface area (Å²) in [7, 11) is 1.66. The van der Waals surface area contributed by atoms with Gasteiger partial charge in [0.1, 0.15) is 11.6 Å². The molecule has 2 aromatic carbocycles. The molecule has 1 atom stereocenters. The highest BCUT2D eigenvalue weighted by molar-refractivity contribution is 9.10. The van der Waals surface area contributed by atoms with E-state index in [1.54, 1.807) is 13.2 Å². The number of benzene rings is 2. The molecule has 0 heterocycles. The SMILES string of the molecule is COc1cccc(CC(CCl)Cc2cc(F)cc(Br)c2)c1. The largest absolute Gasteiger partial charge is 0.497 e. The highest BCUT2D eigenvalue weighted by atomic mass is 79.9. The normalized spacial score (nSPS) is 12.2. The summed E-state index contributed by atoms with van der Waals surface area (Å²) in [5, 5.41) is 0.